The number of thiophene rings is 1. The highest BCUT2D eigenvalue weighted by Gasteiger charge is 2.27. The Morgan fingerprint density at radius 2 is 2.10 bits per heavy atom. The highest BCUT2D eigenvalue weighted by atomic mass is 32.1. The Hall–Kier alpha value is -1.22. The van der Waals surface area contributed by atoms with Gasteiger partial charge in [0.1, 0.15) is 0 Å². The number of β-amino-alcohol motifs (C(OH)–C–C–N with tert-alkyl or cyclic N) is 1. The number of hydrogen-bond donors (Lipinski definition) is 2. The quantitative estimate of drug-likeness (QED) is 0.618. The van der Waals surface area contributed by atoms with Gasteiger partial charge in [0.05, 0.1) is 17.6 Å². The summed E-state index contributed by atoms with van der Waals surface area (Å²) in [5, 5.41) is 30.2. The Kier molecular flexibility index (Phi) is 4.92. The maximum absolute atomic E-state index is 11.1. The van der Waals surface area contributed by atoms with Gasteiger partial charge in [-0.1, -0.05) is 0 Å². The molecule has 0 aliphatic carbocycles. The van der Waals surface area contributed by atoms with Crippen LogP contribution in [0.4, 0.5) is 10.7 Å². The second kappa shape index (κ2) is 6.49. The van der Waals surface area contributed by atoms with E-state index in [-0.39, 0.29) is 12.3 Å². The van der Waals surface area contributed by atoms with E-state index in [0.717, 1.165) is 13.1 Å². The first-order valence-corrected chi connectivity index (χ1v) is 7.39. The molecular formula is C12H19N3O4S. The Labute approximate surface area is 121 Å². The normalized spacial score (nSPS) is 18.2. The summed E-state index contributed by atoms with van der Waals surface area (Å²) < 4.78 is 0. The van der Waals surface area contributed by atoms with Gasteiger partial charge >= 0.3 is 5.69 Å². The summed E-state index contributed by atoms with van der Waals surface area (Å²) in [6.07, 6.45) is -0.692. The maximum Gasteiger partial charge on any atom is 0.304 e. The van der Waals surface area contributed by atoms with Crippen LogP contribution < -0.4 is 4.90 Å². The third-order valence-corrected chi connectivity index (χ3v) is 4.75. The molecule has 7 nitrogen and oxygen atoms in total. The van der Waals surface area contributed by atoms with Crippen molar-refractivity contribution in [1.29, 1.82) is 0 Å². The molecule has 1 aromatic rings. The summed E-state index contributed by atoms with van der Waals surface area (Å²) in [6, 6.07) is 1.46. The predicted octanol–water partition coefficient (Wildman–Crippen LogP) is 0.824. The molecule has 1 aliphatic rings. The van der Waals surface area contributed by atoms with Crippen molar-refractivity contribution in [3.8, 4) is 0 Å². The zero-order valence-corrected chi connectivity index (χ0v) is 12.2. The molecular weight excluding hydrogens is 282 g/mol. The van der Waals surface area contributed by atoms with E-state index in [4.69, 9.17) is 5.11 Å². The van der Waals surface area contributed by atoms with Gasteiger partial charge in [0, 0.05) is 43.7 Å². The minimum atomic E-state index is -0.692. The maximum atomic E-state index is 11.1. The molecule has 2 N–H and O–H groups in total. The lowest BCUT2D eigenvalue weighted by Gasteiger charge is -2.34. The van der Waals surface area contributed by atoms with Crippen molar-refractivity contribution in [2.24, 2.45) is 0 Å². The zero-order chi connectivity index (χ0) is 14.7. The summed E-state index contributed by atoms with van der Waals surface area (Å²) in [4.78, 5) is 15.5. The molecule has 0 spiro atoms. The van der Waals surface area contributed by atoms with Gasteiger partial charge in [0.25, 0.3) is 0 Å². The topological polar surface area (TPSA) is 90.1 Å². The van der Waals surface area contributed by atoms with Gasteiger partial charge < -0.3 is 15.1 Å². The molecule has 112 valence electrons. The summed E-state index contributed by atoms with van der Waals surface area (Å²) in [5.41, 5.74) is 0.0708. The van der Waals surface area contributed by atoms with Crippen LogP contribution in [0.3, 0.4) is 0 Å². The molecule has 1 saturated heterocycles. The fraction of sp³-hybridized carbons (Fsp3) is 0.667. The van der Waals surface area contributed by atoms with Crippen molar-refractivity contribution in [3.05, 3.63) is 21.1 Å². The lowest BCUT2D eigenvalue weighted by atomic mass is 10.3. The molecule has 0 aromatic carbocycles. The third kappa shape index (κ3) is 3.26. The summed E-state index contributed by atoms with van der Waals surface area (Å²) in [6.45, 7) is 5.32. The largest absolute Gasteiger partial charge is 0.395 e. The van der Waals surface area contributed by atoms with Crippen LogP contribution in [0, 0.1) is 10.1 Å². The van der Waals surface area contributed by atoms with Crippen molar-refractivity contribution >= 4 is 22.0 Å². The van der Waals surface area contributed by atoms with Crippen molar-refractivity contribution in [1.82, 2.24) is 4.90 Å². The van der Waals surface area contributed by atoms with Crippen molar-refractivity contribution < 1.29 is 15.1 Å². The highest BCUT2D eigenvalue weighted by molar-refractivity contribution is 7.16. The molecule has 1 atom stereocenters. The van der Waals surface area contributed by atoms with E-state index in [2.05, 4.69) is 4.90 Å². The van der Waals surface area contributed by atoms with Crippen LogP contribution in [0.1, 0.15) is 17.9 Å². The average molecular weight is 301 g/mol. The van der Waals surface area contributed by atoms with Gasteiger partial charge in [0.15, 0.2) is 5.00 Å². The number of aliphatic hydroxyl groups is 2. The Morgan fingerprint density at radius 3 is 2.60 bits per heavy atom. The summed E-state index contributed by atoms with van der Waals surface area (Å²) in [5.74, 6) is 0. The van der Waals surface area contributed by atoms with Gasteiger partial charge in [-0.05, 0) is 6.92 Å². The molecule has 0 bridgehead atoms. The van der Waals surface area contributed by atoms with Gasteiger partial charge in [-0.2, -0.15) is 0 Å². The first kappa shape index (κ1) is 15.2. The number of nitrogens with zero attached hydrogens (tertiary/aromatic N) is 3. The molecule has 2 rings (SSSR count). The molecule has 2 heterocycles. The number of anilines is 1. The molecule has 1 aromatic heterocycles. The number of piperazine rings is 1. The minimum absolute atomic E-state index is 0.0708. The molecule has 0 amide bonds. The van der Waals surface area contributed by atoms with Gasteiger partial charge in [-0.3, -0.25) is 15.0 Å². The fourth-order valence-electron chi connectivity index (χ4n) is 2.27. The van der Waals surface area contributed by atoms with Crippen molar-refractivity contribution in [2.75, 3.05) is 44.2 Å². The Balaban J connectivity index is 2.14. The smallest absolute Gasteiger partial charge is 0.304 e. The molecule has 1 fully saturated rings. The van der Waals surface area contributed by atoms with E-state index in [9.17, 15) is 15.2 Å². The van der Waals surface area contributed by atoms with Crippen LogP contribution in [0.2, 0.25) is 0 Å². The van der Waals surface area contributed by atoms with E-state index in [1.807, 2.05) is 4.90 Å². The molecule has 0 unspecified atom stereocenters. The Morgan fingerprint density at radius 1 is 1.45 bits per heavy atom. The van der Waals surface area contributed by atoms with E-state index < -0.39 is 11.0 Å². The van der Waals surface area contributed by atoms with E-state index in [1.54, 1.807) is 6.92 Å². The molecule has 0 radical (unpaired) electrons. The monoisotopic (exact) mass is 301 g/mol. The Bertz CT molecular complexity index is 469. The van der Waals surface area contributed by atoms with Crippen molar-refractivity contribution in [2.45, 2.75) is 13.0 Å². The van der Waals surface area contributed by atoms with Crippen LogP contribution in [0.5, 0.6) is 0 Å². The number of aliphatic hydroxyl groups excluding tert-OH is 2. The molecule has 8 heteroatoms. The molecule has 0 saturated carbocycles. The average Bonchev–Trinajstić information content (AvgIpc) is 2.85. The number of hydrogen-bond acceptors (Lipinski definition) is 7. The standard InChI is InChI=1S/C12H19N3O4S/c1-9(17)11-8-10(15(18)19)12(20-11)14-4-2-13(3-5-14)6-7-16/h8-9,16-17H,2-7H2,1H3/t9-/m1/s1. The number of rotatable bonds is 5. The van der Waals surface area contributed by atoms with E-state index in [1.165, 1.54) is 17.4 Å². The van der Waals surface area contributed by atoms with Crippen LogP contribution in [0.25, 0.3) is 0 Å². The minimum Gasteiger partial charge on any atom is -0.395 e. The second-order valence-corrected chi connectivity index (χ2v) is 5.89. The molecule has 20 heavy (non-hydrogen) atoms. The van der Waals surface area contributed by atoms with Gasteiger partial charge in [-0.25, -0.2) is 0 Å². The van der Waals surface area contributed by atoms with Crippen LogP contribution in [-0.4, -0.2) is 59.4 Å². The number of nitro groups is 1. The first-order chi connectivity index (χ1) is 9.52. The van der Waals surface area contributed by atoms with Crippen molar-refractivity contribution in [3.63, 3.8) is 0 Å². The SMILES string of the molecule is C[C@@H](O)c1cc([N+](=O)[O-])c(N2CCN(CCO)CC2)s1. The highest BCUT2D eigenvalue weighted by Crippen LogP contribution is 2.40. The van der Waals surface area contributed by atoms with Gasteiger partial charge in [-0.15, -0.1) is 11.3 Å². The first-order valence-electron chi connectivity index (χ1n) is 6.57. The van der Waals surface area contributed by atoms with E-state index in [0.29, 0.717) is 29.5 Å². The fourth-order valence-corrected chi connectivity index (χ4v) is 3.38. The van der Waals surface area contributed by atoms with Crippen LogP contribution in [0.15, 0.2) is 6.07 Å². The zero-order valence-electron chi connectivity index (χ0n) is 11.4. The van der Waals surface area contributed by atoms with E-state index >= 15 is 0 Å². The third-order valence-electron chi connectivity index (χ3n) is 3.40. The van der Waals surface area contributed by atoms with Crippen LogP contribution in [-0.2, 0) is 0 Å². The lowest BCUT2D eigenvalue weighted by molar-refractivity contribution is -0.383. The molecule has 1 aliphatic heterocycles. The predicted molar refractivity (Wildman–Crippen MR) is 77.3 cm³/mol. The van der Waals surface area contributed by atoms with Gasteiger partial charge in [0.2, 0.25) is 0 Å². The lowest BCUT2D eigenvalue weighted by Crippen LogP contribution is -2.47. The second-order valence-electron chi connectivity index (χ2n) is 4.82. The summed E-state index contributed by atoms with van der Waals surface area (Å²) >= 11 is 1.28. The summed E-state index contributed by atoms with van der Waals surface area (Å²) in [7, 11) is 0. The van der Waals surface area contributed by atoms with Crippen LogP contribution >= 0.6 is 11.3 Å².